The van der Waals surface area contributed by atoms with Crippen LogP contribution in [0.25, 0.3) is 0 Å². The minimum Gasteiger partial charge on any atom is -0.382 e. The zero-order valence-electron chi connectivity index (χ0n) is 11.8. The van der Waals surface area contributed by atoms with Crippen LogP contribution in [-0.4, -0.2) is 34.9 Å². The first-order chi connectivity index (χ1) is 8.99. The minimum atomic E-state index is 0.0256. The Bertz CT molecular complexity index is 457. The second kappa shape index (κ2) is 5.77. The molecule has 2 heterocycles. The van der Waals surface area contributed by atoms with Crippen LogP contribution in [0.5, 0.6) is 0 Å². The van der Waals surface area contributed by atoms with Gasteiger partial charge in [0.05, 0.1) is 0 Å². The Balaban J connectivity index is 2.09. The molecule has 2 rings (SSSR count). The molecule has 0 radical (unpaired) electrons. The van der Waals surface area contributed by atoms with Crippen LogP contribution in [0.2, 0.25) is 0 Å². The first-order valence-electron chi connectivity index (χ1n) is 6.80. The highest BCUT2D eigenvalue weighted by Gasteiger charge is 2.29. The van der Waals surface area contributed by atoms with Crippen molar-refractivity contribution in [3.05, 3.63) is 4.88 Å². The van der Waals surface area contributed by atoms with Gasteiger partial charge in [-0.25, -0.2) is 4.98 Å². The molecule has 0 bridgehead atoms. The molecule has 0 saturated carbocycles. The summed E-state index contributed by atoms with van der Waals surface area (Å²) in [4.78, 5) is 19.1. The third-order valence-electron chi connectivity index (χ3n) is 3.32. The van der Waals surface area contributed by atoms with E-state index in [0.717, 1.165) is 31.1 Å². The fourth-order valence-electron chi connectivity index (χ4n) is 2.22. The Hall–Kier alpha value is -1.30. The van der Waals surface area contributed by atoms with Gasteiger partial charge >= 0.3 is 0 Å². The molecule has 1 fully saturated rings. The molecule has 1 aromatic heterocycles. The van der Waals surface area contributed by atoms with Crippen LogP contribution >= 0.6 is 11.3 Å². The number of thiazole rings is 1. The fourth-order valence-corrected chi connectivity index (χ4v) is 3.07. The quantitative estimate of drug-likeness (QED) is 0.889. The summed E-state index contributed by atoms with van der Waals surface area (Å²) >= 11 is 1.36. The molecule has 3 N–H and O–H groups in total. The molecule has 1 aliphatic rings. The summed E-state index contributed by atoms with van der Waals surface area (Å²) in [7, 11) is 0. The maximum absolute atomic E-state index is 12.4. The zero-order valence-corrected chi connectivity index (χ0v) is 12.6. The van der Waals surface area contributed by atoms with Gasteiger partial charge in [-0.3, -0.25) is 4.79 Å². The van der Waals surface area contributed by atoms with Crippen molar-refractivity contribution in [3.63, 3.8) is 0 Å². The molecule has 6 heteroatoms. The highest BCUT2D eigenvalue weighted by atomic mass is 32.1. The van der Waals surface area contributed by atoms with Crippen molar-refractivity contribution < 1.29 is 4.79 Å². The Morgan fingerprint density at radius 2 is 2.37 bits per heavy atom. The van der Waals surface area contributed by atoms with E-state index in [-0.39, 0.29) is 5.91 Å². The van der Waals surface area contributed by atoms with E-state index in [0.29, 0.717) is 22.7 Å². The average molecular weight is 282 g/mol. The van der Waals surface area contributed by atoms with Crippen molar-refractivity contribution in [2.24, 2.45) is 5.92 Å². The maximum atomic E-state index is 12.4. The summed E-state index contributed by atoms with van der Waals surface area (Å²) in [6.07, 6.45) is 2.15. The molecule has 0 aliphatic carbocycles. The van der Waals surface area contributed by atoms with E-state index in [2.05, 4.69) is 31.1 Å². The van der Waals surface area contributed by atoms with Crippen LogP contribution in [0.1, 0.15) is 43.3 Å². The lowest BCUT2D eigenvalue weighted by Gasteiger charge is -2.20. The van der Waals surface area contributed by atoms with Gasteiger partial charge in [0, 0.05) is 19.1 Å². The first kappa shape index (κ1) is 14.1. The summed E-state index contributed by atoms with van der Waals surface area (Å²) in [6.45, 7) is 8.00. The standard InChI is InChI=1S/C13H22N4OS/c1-8(2)7-15-13-16-11(14)10(19-13)12(18)17-6-4-5-9(17)3/h8-9H,4-7,14H2,1-3H3,(H,15,16). The lowest BCUT2D eigenvalue weighted by molar-refractivity contribution is 0.0753. The molecule has 5 nitrogen and oxygen atoms in total. The van der Waals surface area contributed by atoms with Crippen molar-refractivity contribution in [2.75, 3.05) is 24.1 Å². The van der Waals surface area contributed by atoms with Crippen molar-refractivity contribution in [3.8, 4) is 0 Å². The Morgan fingerprint density at radius 1 is 1.63 bits per heavy atom. The summed E-state index contributed by atoms with van der Waals surface area (Å²) in [5, 5.41) is 3.96. The van der Waals surface area contributed by atoms with Crippen LogP contribution in [0.3, 0.4) is 0 Å². The normalized spacial score (nSPS) is 19.2. The number of hydrogen-bond acceptors (Lipinski definition) is 5. The number of carbonyl (C=O) groups is 1. The number of rotatable bonds is 4. The largest absolute Gasteiger partial charge is 0.382 e. The van der Waals surface area contributed by atoms with Crippen molar-refractivity contribution in [2.45, 2.75) is 39.7 Å². The number of nitrogens with zero attached hydrogens (tertiary/aromatic N) is 2. The van der Waals surface area contributed by atoms with Crippen LogP contribution in [0, 0.1) is 5.92 Å². The van der Waals surface area contributed by atoms with Gasteiger partial charge in [0.2, 0.25) is 0 Å². The van der Waals surface area contributed by atoms with Gasteiger partial charge in [-0.15, -0.1) is 0 Å². The Labute approximate surface area is 118 Å². The number of likely N-dealkylation sites (tertiary alicyclic amines) is 1. The van der Waals surface area contributed by atoms with Crippen molar-refractivity contribution >= 4 is 28.2 Å². The second-order valence-corrected chi connectivity index (χ2v) is 6.50. The van der Waals surface area contributed by atoms with Crippen molar-refractivity contribution in [1.82, 2.24) is 9.88 Å². The topological polar surface area (TPSA) is 71.2 Å². The van der Waals surface area contributed by atoms with Gasteiger partial charge in [0.1, 0.15) is 10.7 Å². The highest BCUT2D eigenvalue weighted by Crippen LogP contribution is 2.29. The first-order valence-corrected chi connectivity index (χ1v) is 7.61. The molecule has 1 atom stereocenters. The van der Waals surface area contributed by atoms with Crippen LogP contribution in [0.4, 0.5) is 10.9 Å². The molecule has 1 unspecified atom stereocenters. The number of anilines is 2. The second-order valence-electron chi connectivity index (χ2n) is 5.50. The van der Waals surface area contributed by atoms with E-state index >= 15 is 0 Å². The van der Waals surface area contributed by atoms with Crippen molar-refractivity contribution in [1.29, 1.82) is 0 Å². The van der Waals surface area contributed by atoms with E-state index in [9.17, 15) is 4.79 Å². The summed E-state index contributed by atoms with van der Waals surface area (Å²) < 4.78 is 0. The molecule has 1 saturated heterocycles. The van der Waals surface area contributed by atoms with Gasteiger partial charge in [-0.1, -0.05) is 25.2 Å². The lowest BCUT2D eigenvalue weighted by atomic mass is 10.2. The number of hydrogen-bond donors (Lipinski definition) is 2. The Kier molecular flexibility index (Phi) is 4.29. The SMILES string of the molecule is CC(C)CNc1nc(N)c(C(=O)N2CCCC2C)s1. The molecule has 1 aliphatic heterocycles. The van der Waals surface area contributed by atoms with Crippen LogP contribution < -0.4 is 11.1 Å². The van der Waals surface area contributed by atoms with Crippen LogP contribution in [0.15, 0.2) is 0 Å². The highest BCUT2D eigenvalue weighted by molar-refractivity contribution is 7.18. The monoisotopic (exact) mass is 282 g/mol. The zero-order chi connectivity index (χ0) is 14.0. The molecule has 106 valence electrons. The van der Waals surface area contributed by atoms with E-state index < -0.39 is 0 Å². The molecule has 0 aromatic carbocycles. The van der Waals surface area contributed by atoms with Crippen LogP contribution in [-0.2, 0) is 0 Å². The van der Waals surface area contributed by atoms with E-state index in [1.54, 1.807) is 0 Å². The van der Waals surface area contributed by atoms with Gasteiger partial charge in [0.25, 0.3) is 5.91 Å². The number of amides is 1. The number of aromatic nitrogens is 1. The van der Waals surface area contributed by atoms with Gasteiger partial charge in [-0.2, -0.15) is 0 Å². The molecule has 19 heavy (non-hydrogen) atoms. The predicted molar refractivity (Wildman–Crippen MR) is 79.6 cm³/mol. The van der Waals surface area contributed by atoms with E-state index in [1.165, 1.54) is 11.3 Å². The Morgan fingerprint density at radius 3 is 2.95 bits per heavy atom. The predicted octanol–water partition coefficient (Wildman–Crippen LogP) is 2.42. The third-order valence-corrected chi connectivity index (χ3v) is 4.34. The average Bonchev–Trinajstić information content (AvgIpc) is 2.92. The summed E-state index contributed by atoms with van der Waals surface area (Å²) in [6, 6.07) is 0.307. The molecule has 1 aromatic rings. The van der Waals surface area contributed by atoms with Gasteiger partial charge in [0.15, 0.2) is 5.13 Å². The molecule has 0 spiro atoms. The molecular weight excluding hydrogens is 260 g/mol. The summed E-state index contributed by atoms with van der Waals surface area (Å²) in [5.74, 6) is 0.904. The summed E-state index contributed by atoms with van der Waals surface area (Å²) in [5.41, 5.74) is 5.87. The smallest absolute Gasteiger partial charge is 0.268 e. The molecule has 1 amide bonds. The number of nitrogen functional groups attached to an aromatic ring is 1. The number of nitrogens with two attached hydrogens (primary N) is 1. The fraction of sp³-hybridized carbons (Fsp3) is 0.692. The third kappa shape index (κ3) is 3.18. The molecular formula is C13H22N4OS. The lowest BCUT2D eigenvalue weighted by Crippen LogP contribution is -2.33. The van der Waals surface area contributed by atoms with Gasteiger partial charge < -0.3 is 16.0 Å². The van der Waals surface area contributed by atoms with Gasteiger partial charge in [-0.05, 0) is 25.7 Å². The maximum Gasteiger partial charge on any atom is 0.268 e. The number of nitrogens with one attached hydrogen (secondary N) is 1. The number of carbonyl (C=O) groups excluding carboxylic acids is 1. The van der Waals surface area contributed by atoms with E-state index in [1.807, 2.05) is 4.90 Å². The minimum absolute atomic E-state index is 0.0256. The van der Waals surface area contributed by atoms with E-state index in [4.69, 9.17) is 5.73 Å².